The van der Waals surface area contributed by atoms with Crippen LogP contribution in [0.2, 0.25) is 0 Å². The summed E-state index contributed by atoms with van der Waals surface area (Å²) in [6.07, 6.45) is 6.67. The van der Waals surface area contributed by atoms with Crippen LogP contribution in [0.1, 0.15) is 50.6 Å². The molecule has 2 fully saturated rings. The van der Waals surface area contributed by atoms with Gasteiger partial charge in [-0.3, -0.25) is 4.90 Å². The maximum Gasteiger partial charge on any atom is 0.0323 e. The van der Waals surface area contributed by atoms with Gasteiger partial charge in [0.2, 0.25) is 0 Å². The lowest BCUT2D eigenvalue weighted by atomic mass is 10.0. The van der Waals surface area contributed by atoms with E-state index in [9.17, 15) is 0 Å². The molecule has 1 aromatic carbocycles. The Bertz CT molecular complexity index is 386. The summed E-state index contributed by atoms with van der Waals surface area (Å²) in [6, 6.07) is 13.1. The van der Waals surface area contributed by atoms with E-state index in [1.807, 2.05) is 0 Å². The molecule has 19 heavy (non-hydrogen) atoms. The van der Waals surface area contributed by atoms with Gasteiger partial charge >= 0.3 is 0 Å². The van der Waals surface area contributed by atoms with Crippen LogP contribution in [0.15, 0.2) is 30.3 Å². The van der Waals surface area contributed by atoms with Crippen LogP contribution in [0.3, 0.4) is 0 Å². The van der Waals surface area contributed by atoms with Gasteiger partial charge in [0, 0.05) is 31.2 Å². The van der Waals surface area contributed by atoms with E-state index in [0.717, 1.165) is 6.04 Å². The summed E-state index contributed by atoms with van der Waals surface area (Å²) in [5.41, 5.74) is 1.45. The minimum atomic E-state index is 0.537. The van der Waals surface area contributed by atoms with E-state index in [1.54, 1.807) is 0 Å². The van der Waals surface area contributed by atoms with Crippen LogP contribution < -0.4 is 5.32 Å². The Morgan fingerprint density at radius 2 is 2.00 bits per heavy atom. The van der Waals surface area contributed by atoms with Crippen molar-refractivity contribution >= 4 is 0 Å². The van der Waals surface area contributed by atoms with Gasteiger partial charge in [-0.05, 0) is 31.2 Å². The molecule has 2 aliphatic rings. The van der Waals surface area contributed by atoms with Gasteiger partial charge in [-0.2, -0.15) is 0 Å². The van der Waals surface area contributed by atoms with E-state index < -0.39 is 0 Å². The first kappa shape index (κ1) is 13.1. The minimum Gasteiger partial charge on any atom is -0.306 e. The van der Waals surface area contributed by atoms with E-state index >= 15 is 0 Å². The normalized spacial score (nSPS) is 25.6. The van der Waals surface area contributed by atoms with Gasteiger partial charge in [-0.25, -0.2) is 0 Å². The number of nitrogens with one attached hydrogen (secondary N) is 1. The second-order valence-electron chi connectivity index (χ2n) is 6.13. The zero-order chi connectivity index (χ0) is 13.1. The molecule has 1 N–H and O–H groups in total. The number of benzene rings is 1. The maximum absolute atomic E-state index is 3.90. The molecule has 0 amide bonds. The molecule has 0 aromatic heterocycles. The molecule has 1 saturated carbocycles. The average molecular weight is 258 g/mol. The smallest absolute Gasteiger partial charge is 0.0323 e. The highest BCUT2D eigenvalue weighted by atomic mass is 15.2. The molecule has 0 bridgehead atoms. The van der Waals surface area contributed by atoms with E-state index in [2.05, 4.69) is 47.5 Å². The van der Waals surface area contributed by atoms with Crippen LogP contribution >= 0.6 is 0 Å². The van der Waals surface area contributed by atoms with Crippen molar-refractivity contribution in [3.05, 3.63) is 35.9 Å². The quantitative estimate of drug-likeness (QED) is 0.842. The third kappa shape index (κ3) is 3.37. The predicted molar refractivity (Wildman–Crippen MR) is 80.2 cm³/mol. The molecule has 1 aliphatic heterocycles. The molecule has 2 heteroatoms. The standard InChI is InChI=1S/C17H26N2/c1-2-6-17(14-7-4-3-5-8-14)18-15-11-12-19(13-15)16-9-10-16/h3-5,7-8,15-18H,2,6,9-13H2,1H3. The maximum atomic E-state index is 3.90. The van der Waals surface area contributed by atoms with Gasteiger partial charge in [0.15, 0.2) is 0 Å². The van der Waals surface area contributed by atoms with Crippen LogP contribution in [0.25, 0.3) is 0 Å². The van der Waals surface area contributed by atoms with Crippen molar-refractivity contribution in [1.82, 2.24) is 10.2 Å². The van der Waals surface area contributed by atoms with Crippen molar-refractivity contribution in [2.24, 2.45) is 0 Å². The van der Waals surface area contributed by atoms with Crippen LogP contribution in [-0.4, -0.2) is 30.1 Å². The van der Waals surface area contributed by atoms with Gasteiger partial charge in [0.25, 0.3) is 0 Å². The van der Waals surface area contributed by atoms with Gasteiger partial charge in [0.1, 0.15) is 0 Å². The van der Waals surface area contributed by atoms with Crippen molar-refractivity contribution in [1.29, 1.82) is 0 Å². The van der Waals surface area contributed by atoms with E-state index in [-0.39, 0.29) is 0 Å². The van der Waals surface area contributed by atoms with Crippen LogP contribution in [-0.2, 0) is 0 Å². The second-order valence-corrected chi connectivity index (χ2v) is 6.13. The molecule has 0 spiro atoms. The first-order chi connectivity index (χ1) is 9.36. The number of hydrogen-bond donors (Lipinski definition) is 1. The Hall–Kier alpha value is -0.860. The lowest BCUT2D eigenvalue weighted by Crippen LogP contribution is -2.36. The topological polar surface area (TPSA) is 15.3 Å². The molecule has 104 valence electrons. The first-order valence-electron chi connectivity index (χ1n) is 7.92. The Labute approximate surface area is 117 Å². The molecule has 1 aliphatic carbocycles. The predicted octanol–water partition coefficient (Wildman–Crippen LogP) is 3.35. The molecule has 3 rings (SSSR count). The highest BCUT2D eigenvalue weighted by Gasteiger charge is 2.34. The number of rotatable bonds is 6. The Balaban J connectivity index is 1.59. The zero-order valence-electron chi connectivity index (χ0n) is 12.0. The zero-order valence-corrected chi connectivity index (χ0v) is 12.0. The summed E-state index contributed by atoms with van der Waals surface area (Å²) in [6.45, 7) is 4.84. The van der Waals surface area contributed by atoms with E-state index in [4.69, 9.17) is 0 Å². The molecular weight excluding hydrogens is 232 g/mol. The Morgan fingerprint density at radius 1 is 1.21 bits per heavy atom. The van der Waals surface area contributed by atoms with Crippen LogP contribution in [0.5, 0.6) is 0 Å². The lowest BCUT2D eigenvalue weighted by molar-refractivity contribution is 0.310. The number of nitrogens with zero attached hydrogens (tertiary/aromatic N) is 1. The van der Waals surface area contributed by atoms with Crippen LogP contribution in [0, 0.1) is 0 Å². The molecule has 1 saturated heterocycles. The van der Waals surface area contributed by atoms with Crippen molar-refractivity contribution in [3.63, 3.8) is 0 Å². The number of likely N-dealkylation sites (tertiary alicyclic amines) is 1. The summed E-state index contributed by atoms with van der Waals surface area (Å²) >= 11 is 0. The largest absolute Gasteiger partial charge is 0.306 e. The SMILES string of the molecule is CCCC(NC1CCN(C2CC2)C1)c1ccccc1. The minimum absolute atomic E-state index is 0.537. The van der Waals surface area contributed by atoms with Gasteiger partial charge in [0.05, 0.1) is 0 Å². The lowest BCUT2D eigenvalue weighted by Gasteiger charge is -2.23. The third-order valence-corrected chi connectivity index (χ3v) is 4.50. The first-order valence-corrected chi connectivity index (χ1v) is 7.92. The van der Waals surface area contributed by atoms with Crippen molar-refractivity contribution in [2.75, 3.05) is 13.1 Å². The highest BCUT2D eigenvalue weighted by Crippen LogP contribution is 2.30. The number of hydrogen-bond acceptors (Lipinski definition) is 2. The third-order valence-electron chi connectivity index (χ3n) is 4.50. The molecule has 1 heterocycles. The average Bonchev–Trinajstić information content (AvgIpc) is 3.20. The molecule has 2 atom stereocenters. The fourth-order valence-corrected chi connectivity index (χ4v) is 3.30. The molecule has 2 unspecified atom stereocenters. The van der Waals surface area contributed by atoms with Crippen molar-refractivity contribution in [3.8, 4) is 0 Å². The van der Waals surface area contributed by atoms with E-state index in [1.165, 1.54) is 50.8 Å². The Morgan fingerprint density at radius 3 is 2.68 bits per heavy atom. The van der Waals surface area contributed by atoms with Crippen molar-refractivity contribution < 1.29 is 0 Å². The fourth-order valence-electron chi connectivity index (χ4n) is 3.30. The van der Waals surface area contributed by atoms with Gasteiger partial charge in [-0.1, -0.05) is 43.7 Å². The summed E-state index contributed by atoms with van der Waals surface area (Å²) in [5.74, 6) is 0. The fraction of sp³-hybridized carbons (Fsp3) is 0.647. The summed E-state index contributed by atoms with van der Waals surface area (Å²) in [7, 11) is 0. The Kier molecular flexibility index (Phi) is 4.19. The second kappa shape index (κ2) is 6.06. The molecular formula is C17H26N2. The summed E-state index contributed by atoms with van der Waals surface area (Å²) in [4.78, 5) is 2.69. The van der Waals surface area contributed by atoms with Crippen LogP contribution in [0.4, 0.5) is 0 Å². The van der Waals surface area contributed by atoms with Gasteiger partial charge in [-0.15, -0.1) is 0 Å². The molecule has 1 aromatic rings. The molecule has 2 nitrogen and oxygen atoms in total. The van der Waals surface area contributed by atoms with Crippen molar-refractivity contribution in [2.45, 2.75) is 57.2 Å². The summed E-state index contributed by atoms with van der Waals surface area (Å²) < 4.78 is 0. The molecule has 0 radical (unpaired) electrons. The van der Waals surface area contributed by atoms with Gasteiger partial charge < -0.3 is 5.32 Å². The highest BCUT2D eigenvalue weighted by molar-refractivity contribution is 5.19. The monoisotopic (exact) mass is 258 g/mol. The summed E-state index contributed by atoms with van der Waals surface area (Å²) in [5, 5.41) is 3.90. The van der Waals surface area contributed by atoms with E-state index in [0.29, 0.717) is 12.1 Å².